The second kappa shape index (κ2) is 7.78. The molecule has 2 amide bonds. The predicted molar refractivity (Wildman–Crippen MR) is 110 cm³/mol. The van der Waals surface area contributed by atoms with Crippen LogP contribution in [0.15, 0.2) is 42.5 Å². The molecule has 2 aromatic rings. The SMILES string of the molecule is CC(C)C1Oc2ccc([N+](=O)[O-])cc2N(CC(=O)N2CCc3ccccc3C2)C1=O. The molecule has 8 nitrogen and oxygen atoms in total. The molecule has 2 aromatic carbocycles. The number of non-ortho nitro benzene ring substituents is 1. The first-order valence-corrected chi connectivity index (χ1v) is 9.96. The zero-order valence-electron chi connectivity index (χ0n) is 16.9. The number of ether oxygens (including phenoxy) is 1. The van der Waals surface area contributed by atoms with Crippen molar-refractivity contribution in [1.82, 2.24) is 4.90 Å². The molecule has 0 bridgehead atoms. The minimum Gasteiger partial charge on any atom is -0.478 e. The molecule has 2 aliphatic rings. The molecule has 0 saturated heterocycles. The fraction of sp³-hybridized carbons (Fsp3) is 0.364. The van der Waals surface area contributed by atoms with Crippen LogP contribution in [0.1, 0.15) is 25.0 Å². The van der Waals surface area contributed by atoms with Gasteiger partial charge in [-0.05, 0) is 29.5 Å². The third-order valence-corrected chi connectivity index (χ3v) is 5.59. The lowest BCUT2D eigenvalue weighted by molar-refractivity contribution is -0.384. The Balaban J connectivity index is 1.62. The summed E-state index contributed by atoms with van der Waals surface area (Å²) in [6.45, 7) is 4.61. The lowest BCUT2D eigenvalue weighted by Gasteiger charge is -2.37. The number of carbonyl (C=O) groups excluding carboxylic acids is 2. The molecule has 2 heterocycles. The van der Waals surface area contributed by atoms with Crippen molar-refractivity contribution in [3.8, 4) is 5.75 Å². The van der Waals surface area contributed by atoms with Gasteiger partial charge in [0.05, 0.1) is 10.6 Å². The van der Waals surface area contributed by atoms with Crippen LogP contribution in [-0.2, 0) is 22.6 Å². The molecule has 0 aliphatic carbocycles. The maximum Gasteiger partial charge on any atom is 0.271 e. The lowest BCUT2D eigenvalue weighted by atomic mass is 9.99. The predicted octanol–water partition coefficient (Wildman–Crippen LogP) is 2.93. The Bertz CT molecular complexity index is 1020. The summed E-state index contributed by atoms with van der Waals surface area (Å²) in [7, 11) is 0. The summed E-state index contributed by atoms with van der Waals surface area (Å²) in [6, 6.07) is 12.1. The molecule has 2 aliphatic heterocycles. The number of hydrogen-bond acceptors (Lipinski definition) is 5. The van der Waals surface area contributed by atoms with Crippen LogP contribution in [0, 0.1) is 16.0 Å². The second-order valence-corrected chi connectivity index (χ2v) is 7.95. The second-order valence-electron chi connectivity index (χ2n) is 7.95. The smallest absolute Gasteiger partial charge is 0.271 e. The number of nitrogens with zero attached hydrogens (tertiary/aromatic N) is 3. The average molecular weight is 409 g/mol. The number of fused-ring (bicyclic) bond motifs is 2. The van der Waals surface area contributed by atoms with Gasteiger partial charge in [0.1, 0.15) is 12.3 Å². The summed E-state index contributed by atoms with van der Waals surface area (Å²) >= 11 is 0. The largest absolute Gasteiger partial charge is 0.478 e. The molecular weight excluding hydrogens is 386 g/mol. The number of anilines is 1. The Morgan fingerprint density at radius 2 is 1.97 bits per heavy atom. The molecule has 0 saturated carbocycles. The lowest BCUT2D eigenvalue weighted by Crippen LogP contribution is -2.52. The molecular formula is C22H23N3O5. The Labute approximate surface area is 174 Å². The number of hydrogen-bond donors (Lipinski definition) is 0. The average Bonchev–Trinajstić information content (AvgIpc) is 2.74. The van der Waals surface area contributed by atoms with Gasteiger partial charge in [-0.3, -0.25) is 24.6 Å². The van der Waals surface area contributed by atoms with Crippen LogP contribution < -0.4 is 9.64 Å². The molecule has 4 rings (SSSR count). The van der Waals surface area contributed by atoms with Crippen LogP contribution in [-0.4, -0.2) is 40.8 Å². The highest BCUT2D eigenvalue weighted by Gasteiger charge is 2.39. The quantitative estimate of drug-likeness (QED) is 0.572. The number of nitro benzene ring substituents is 1. The van der Waals surface area contributed by atoms with E-state index in [0.717, 1.165) is 12.0 Å². The fourth-order valence-corrected chi connectivity index (χ4v) is 3.92. The summed E-state index contributed by atoms with van der Waals surface area (Å²) in [4.78, 5) is 39.9. The fourth-order valence-electron chi connectivity index (χ4n) is 3.92. The minimum atomic E-state index is -0.742. The maximum atomic E-state index is 13.1. The van der Waals surface area contributed by atoms with E-state index in [-0.39, 0.29) is 35.7 Å². The molecule has 8 heteroatoms. The molecule has 1 unspecified atom stereocenters. The van der Waals surface area contributed by atoms with Crippen molar-refractivity contribution >= 4 is 23.2 Å². The van der Waals surface area contributed by atoms with Gasteiger partial charge in [-0.2, -0.15) is 0 Å². The molecule has 1 atom stereocenters. The summed E-state index contributed by atoms with van der Waals surface area (Å²) in [5.74, 6) is -0.292. The topological polar surface area (TPSA) is 93.0 Å². The number of nitro groups is 1. The molecule has 0 spiro atoms. The van der Waals surface area contributed by atoms with E-state index in [0.29, 0.717) is 18.8 Å². The van der Waals surface area contributed by atoms with Crippen LogP contribution >= 0.6 is 0 Å². The van der Waals surface area contributed by atoms with E-state index in [2.05, 4.69) is 6.07 Å². The first kappa shape index (κ1) is 19.9. The van der Waals surface area contributed by atoms with Crippen molar-refractivity contribution in [2.75, 3.05) is 18.0 Å². The van der Waals surface area contributed by atoms with E-state index in [1.807, 2.05) is 32.0 Å². The summed E-state index contributed by atoms with van der Waals surface area (Å²) in [5.41, 5.74) is 2.43. The van der Waals surface area contributed by atoms with Gasteiger partial charge in [0, 0.05) is 25.2 Å². The molecule has 156 valence electrons. The Morgan fingerprint density at radius 1 is 1.23 bits per heavy atom. The van der Waals surface area contributed by atoms with Crippen molar-refractivity contribution < 1.29 is 19.2 Å². The number of carbonyl (C=O) groups is 2. The zero-order valence-corrected chi connectivity index (χ0v) is 16.9. The molecule has 0 radical (unpaired) electrons. The van der Waals surface area contributed by atoms with Crippen molar-refractivity contribution in [3.05, 3.63) is 63.7 Å². The van der Waals surface area contributed by atoms with E-state index in [9.17, 15) is 19.7 Å². The van der Waals surface area contributed by atoms with Gasteiger partial charge in [-0.25, -0.2) is 0 Å². The first-order valence-electron chi connectivity index (χ1n) is 9.96. The molecule has 0 fully saturated rings. The van der Waals surface area contributed by atoms with E-state index < -0.39 is 11.0 Å². The third kappa shape index (κ3) is 3.60. The van der Waals surface area contributed by atoms with E-state index in [1.165, 1.54) is 28.7 Å². The van der Waals surface area contributed by atoms with Gasteiger partial charge in [-0.15, -0.1) is 0 Å². The normalized spacial score (nSPS) is 18.0. The van der Waals surface area contributed by atoms with Crippen molar-refractivity contribution in [3.63, 3.8) is 0 Å². The zero-order chi connectivity index (χ0) is 21.4. The summed E-state index contributed by atoms with van der Waals surface area (Å²) in [5, 5.41) is 11.2. The molecule has 30 heavy (non-hydrogen) atoms. The Morgan fingerprint density at radius 3 is 2.67 bits per heavy atom. The van der Waals surface area contributed by atoms with Gasteiger partial charge >= 0.3 is 0 Å². The van der Waals surface area contributed by atoms with Gasteiger partial charge in [0.25, 0.3) is 11.6 Å². The monoisotopic (exact) mass is 409 g/mol. The Hall–Kier alpha value is -3.42. The van der Waals surface area contributed by atoms with Crippen LogP contribution in [0.5, 0.6) is 5.75 Å². The van der Waals surface area contributed by atoms with Crippen molar-refractivity contribution in [2.24, 2.45) is 5.92 Å². The minimum absolute atomic E-state index is 0.111. The van der Waals surface area contributed by atoms with Crippen molar-refractivity contribution in [1.29, 1.82) is 0 Å². The highest BCUT2D eigenvalue weighted by atomic mass is 16.6. The standard InChI is InChI=1S/C22H23N3O5/c1-14(2)21-22(27)24(18-11-17(25(28)29)7-8-19(18)30-21)13-20(26)23-10-9-15-5-3-4-6-16(15)12-23/h3-8,11,14,21H,9-10,12-13H2,1-2H3. The molecule has 0 N–H and O–H groups in total. The highest BCUT2D eigenvalue weighted by molar-refractivity contribution is 6.04. The molecule has 0 aromatic heterocycles. The van der Waals surface area contributed by atoms with Gasteiger partial charge < -0.3 is 9.64 Å². The summed E-state index contributed by atoms with van der Waals surface area (Å²) < 4.78 is 5.81. The maximum absolute atomic E-state index is 13.1. The van der Waals surface area contributed by atoms with Gasteiger partial charge in [-0.1, -0.05) is 38.1 Å². The number of amides is 2. The number of benzene rings is 2. The number of rotatable bonds is 4. The van der Waals surface area contributed by atoms with Gasteiger partial charge in [0.2, 0.25) is 5.91 Å². The van der Waals surface area contributed by atoms with Crippen LogP contribution in [0.2, 0.25) is 0 Å². The Kier molecular flexibility index (Phi) is 5.15. The van der Waals surface area contributed by atoms with Gasteiger partial charge in [0.15, 0.2) is 6.10 Å². The highest BCUT2D eigenvalue weighted by Crippen LogP contribution is 2.38. The van der Waals surface area contributed by atoms with Crippen molar-refractivity contribution in [2.45, 2.75) is 32.9 Å². The van der Waals surface area contributed by atoms with E-state index >= 15 is 0 Å². The summed E-state index contributed by atoms with van der Waals surface area (Å²) in [6.07, 6.45) is 0.0178. The van der Waals surface area contributed by atoms with E-state index in [4.69, 9.17) is 4.74 Å². The van der Waals surface area contributed by atoms with E-state index in [1.54, 1.807) is 4.90 Å². The third-order valence-electron chi connectivity index (χ3n) is 5.59. The van der Waals surface area contributed by atoms with Crippen LogP contribution in [0.4, 0.5) is 11.4 Å². The van der Waals surface area contributed by atoms with Crippen LogP contribution in [0.3, 0.4) is 0 Å². The van der Waals surface area contributed by atoms with Crippen LogP contribution in [0.25, 0.3) is 0 Å². The first-order chi connectivity index (χ1) is 14.3.